The molecule has 3 heterocycles. The Bertz CT molecular complexity index is 984. The van der Waals surface area contributed by atoms with Crippen molar-refractivity contribution >= 4 is 17.8 Å². The molecule has 126 valence electrons. The molecule has 0 bridgehead atoms. The van der Waals surface area contributed by atoms with Crippen LogP contribution in [0.4, 0.5) is 0 Å². The first-order valence-electron chi connectivity index (χ1n) is 7.59. The highest BCUT2D eigenvalue weighted by atomic mass is 16.7. The smallest absolute Gasteiger partial charge is 0.324 e. The van der Waals surface area contributed by atoms with Crippen LogP contribution in [0.15, 0.2) is 61.1 Å². The van der Waals surface area contributed by atoms with Crippen molar-refractivity contribution in [1.82, 2.24) is 20.0 Å². The Morgan fingerprint density at radius 3 is 2.04 bits per heavy atom. The second-order valence-corrected chi connectivity index (χ2v) is 5.34. The summed E-state index contributed by atoms with van der Waals surface area (Å²) in [5, 5.41) is 0.444. The van der Waals surface area contributed by atoms with E-state index in [4.69, 9.17) is 4.84 Å². The Kier molecular flexibility index (Phi) is 3.70. The molecule has 0 N–H and O–H groups in total. The minimum atomic E-state index is -0.910. The number of aromatic nitrogens is 3. The minimum Gasteiger partial charge on any atom is -0.324 e. The number of hydroxylamine groups is 2. The van der Waals surface area contributed by atoms with E-state index in [1.54, 1.807) is 36.5 Å². The van der Waals surface area contributed by atoms with Gasteiger partial charge in [-0.05, 0) is 24.3 Å². The fourth-order valence-corrected chi connectivity index (χ4v) is 2.45. The predicted molar refractivity (Wildman–Crippen MR) is 87.6 cm³/mol. The van der Waals surface area contributed by atoms with E-state index in [0.29, 0.717) is 16.6 Å². The lowest BCUT2D eigenvalue weighted by atomic mass is 10.1. The van der Waals surface area contributed by atoms with Gasteiger partial charge in [0.25, 0.3) is 11.8 Å². The molecule has 0 radical (unpaired) electrons. The second-order valence-electron chi connectivity index (χ2n) is 5.34. The van der Waals surface area contributed by atoms with Gasteiger partial charge in [0.1, 0.15) is 5.69 Å². The Balaban J connectivity index is 1.53. The van der Waals surface area contributed by atoms with Crippen molar-refractivity contribution in [2.45, 2.75) is 0 Å². The summed E-state index contributed by atoms with van der Waals surface area (Å²) in [7, 11) is 0. The maximum Gasteiger partial charge on any atom is 0.367 e. The number of rotatable bonds is 3. The number of hydrogen-bond donors (Lipinski definition) is 0. The fourth-order valence-electron chi connectivity index (χ4n) is 2.45. The van der Waals surface area contributed by atoms with Crippen LogP contribution in [0.5, 0.6) is 0 Å². The monoisotopic (exact) mass is 346 g/mol. The summed E-state index contributed by atoms with van der Waals surface area (Å²) in [6.45, 7) is 0. The molecule has 1 aliphatic heterocycles. The molecule has 0 unspecified atom stereocenters. The third-order valence-corrected chi connectivity index (χ3v) is 3.71. The number of benzene rings is 1. The second kappa shape index (κ2) is 6.17. The summed E-state index contributed by atoms with van der Waals surface area (Å²) in [5.41, 5.74) is 0.924. The topological polar surface area (TPSA) is 102 Å². The third-order valence-electron chi connectivity index (χ3n) is 3.71. The Labute approximate surface area is 147 Å². The number of pyridine rings is 1. The minimum absolute atomic E-state index is 0.00115. The van der Waals surface area contributed by atoms with Gasteiger partial charge in [-0.15, -0.1) is 0 Å². The van der Waals surface area contributed by atoms with Gasteiger partial charge in [0.05, 0.1) is 16.7 Å². The van der Waals surface area contributed by atoms with Gasteiger partial charge in [0.2, 0.25) is 0 Å². The number of fused-ring (bicyclic) bond motifs is 1. The van der Waals surface area contributed by atoms with Crippen molar-refractivity contribution in [3.63, 3.8) is 0 Å². The molecule has 0 spiro atoms. The summed E-state index contributed by atoms with van der Waals surface area (Å²) < 4.78 is 0. The molecule has 26 heavy (non-hydrogen) atoms. The van der Waals surface area contributed by atoms with Crippen molar-refractivity contribution in [3.05, 3.63) is 77.7 Å². The quantitative estimate of drug-likeness (QED) is 0.667. The number of nitrogens with zero attached hydrogens (tertiary/aromatic N) is 4. The molecule has 0 saturated heterocycles. The lowest BCUT2D eigenvalue weighted by Crippen LogP contribution is -2.32. The molecule has 8 nitrogen and oxygen atoms in total. The molecule has 0 atom stereocenters. The van der Waals surface area contributed by atoms with E-state index in [1.165, 1.54) is 24.5 Å². The van der Waals surface area contributed by atoms with E-state index in [1.807, 2.05) is 0 Å². The molecule has 0 saturated carbocycles. The number of hydrogen-bond acceptors (Lipinski definition) is 7. The third kappa shape index (κ3) is 2.59. The van der Waals surface area contributed by atoms with Crippen LogP contribution in [0.1, 0.15) is 31.1 Å². The van der Waals surface area contributed by atoms with Gasteiger partial charge in [0.15, 0.2) is 5.82 Å². The molecule has 2 aromatic heterocycles. The van der Waals surface area contributed by atoms with E-state index in [9.17, 15) is 14.4 Å². The zero-order chi connectivity index (χ0) is 18.1. The molecule has 3 aromatic rings. The van der Waals surface area contributed by atoms with Crippen LogP contribution in [-0.4, -0.2) is 37.8 Å². The normalized spacial score (nSPS) is 12.8. The molecule has 2 amide bonds. The van der Waals surface area contributed by atoms with Crippen molar-refractivity contribution in [2.75, 3.05) is 0 Å². The average Bonchev–Trinajstić information content (AvgIpc) is 2.94. The van der Waals surface area contributed by atoms with Gasteiger partial charge in [-0.3, -0.25) is 14.6 Å². The van der Waals surface area contributed by atoms with Crippen molar-refractivity contribution in [3.8, 4) is 11.5 Å². The summed E-state index contributed by atoms with van der Waals surface area (Å²) >= 11 is 0. The number of carbonyl (C=O) groups is 3. The van der Waals surface area contributed by atoms with Gasteiger partial charge >= 0.3 is 5.97 Å². The number of carbonyl (C=O) groups excluding carboxylic acids is 3. The van der Waals surface area contributed by atoms with Crippen LogP contribution in [0.3, 0.4) is 0 Å². The lowest BCUT2D eigenvalue weighted by Gasteiger charge is -2.12. The molecular formula is C18H10N4O4. The zero-order valence-electron chi connectivity index (χ0n) is 13.2. The number of amides is 2. The van der Waals surface area contributed by atoms with Crippen molar-refractivity contribution in [1.29, 1.82) is 0 Å². The number of imide groups is 1. The average molecular weight is 346 g/mol. The highest BCUT2D eigenvalue weighted by Crippen LogP contribution is 2.23. The highest BCUT2D eigenvalue weighted by Gasteiger charge is 2.38. The van der Waals surface area contributed by atoms with Crippen LogP contribution in [0.25, 0.3) is 11.5 Å². The standard InChI is InChI=1S/C18H10N4O4/c23-16-12-5-1-2-6-13(12)17(24)22(16)26-18(25)11-9-20-15(21-10-11)14-7-3-4-8-19-14/h1-10H. The fraction of sp³-hybridized carbons (Fsp3) is 0. The van der Waals surface area contributed by atoms with E-state index < -0.39 is 17.8 Å². The van der Waals surface area contributed by atoms with E-state index >= 15 is 0 Å². The molecule has 4 rings (SSSR count). The first kappa shape index (κ1) is 15.6. The van der Waals surface area contributed by atoms with Gasteiger partial charge in [-0.25, -0.2) is 14.8 Å². The van der Waals surface area contributed by atoms with Crippen LogP contribution >= 0.6 is 0 Å². The highest BCUT2D eigenvalue weighted by molar-refractivity contribution is 6.21. The molecular weight excluding hydrogens is 336 g/mol. The van der Waals surface area contributed by atoms with E-state index in [0.717, 1.165) is 0 Å². The Hall–Kier alpha value is -3.94. The van der Waals surface area contributed by atoms with Gasteiger partial charge < -0.3 is 4.84 Å². The Morgan fingerprint density at radius 1 is 0.846 bits per heavy atom. The molecule has 0 fully saturated rings. The summed E-state index contributed by atoms with van der Waals surface area (Å²) in [5.74, 6) is -1.95. The maximum atomic E-state index is 12.2. The molecule has 8 heteroatoms. The van der Waals surface area contributed by atoms with Crippen LogP contribution in [0.2, 0.25) is 0 Å². The van der Waals surface area contributed by atoms with E-state index in [2.05, 4.69) is 15.0 Å². The SMILES string of the molecule is O=C(ON1C(=O)c2ccccc2C1=O)c1cnc(-c2ccccn2)nc1. The van der Waals surface area contributed by atoms with Crippen LogP contribution in [0, 0.1) is 0 Å². The zero-order valence-corrected chi connectivity index (χ0v) is 13.2. The van der Waals surface area contributed by atoms with E-state index in [-0.39, 0.29) is 16.7 Å². The van der Waals surface area contributed by atoms with Crippen molar-refractivity contribution < 1.29 is 19.2 Å². The molecule has 1 aliphatic rings. The molecule has 1 aromatic carbocycles. The van der Waals surface area contributed by atoms with Gasteiger partial charge in [-0.1, -0.05) is 23.3 Å². The largest absolute Gasteiger partial charge is 0.367 e. The summed E-state index contributed by atoms with van der Waals surface area (Å²) in [6.07, 6.45) is 4.10. The summed E-state index contributed by atoms with van der Waals surface area (Å²) in [4.78, 5) is 53.8. The van der Waals surface area contributed by atoms with Crippen molar-refractivity contribution in [2.24, 2.45) is 0 Å². The van der Waals surface area contributed by atoms with Crippen LogP contribution < -0.4 is 0 Å². The molecule has 0 aliphatic carbocycles. The van der Waals surface area contributed by atoms with Crippen LogP contribution in [-0.2, 0) is 4.84 Å². The Morgan fingerprint density at radius 2 is 1.46 bits per heavy atom. The summed E-state index contributed by atoms with van der Waals surface area (Å²) in [6, 6.07) is 11.5. The first-order chi connectivity index (χ1) is 12.6. The predicted octanol–water partition coefficient (Wildman–Crippen LogP) is 1.91. The van der Waals surface area contributed by atoms with Gasteiger partial charge in [-0.2, -0.15) is 0 Å². The van der Waals surface area contributed by atoms with Gasteiger partial charge in [0, 0.05) is 18.6 Å². The maximum absolute atomic E-state index is 12.2. The first-order valence-corrected chi connectivity index (χ1v) is 7.59. The lowest BCUT2D eigenvalue weighted by molar-refractivity contribution is -0.0585.